The monoisotopic (exact) mass is 252 g/mol. The van der Waals surface area contributed by atoms with Crippen molar-refractivity contribution in [2.45, 2.75) is 13.0 Å². The Morgan fingerprint density at radius 2 is 1.68 bits per heavy atom. The summed E-state index contributed by atoms with van der Waals surface area (Å²) in [6, 6.07) is 19.4. The fourth-order valence-electron chi connectivity index (χ4n) is 1.94. The minimum Gasteiger partial charge on any atom is -0.508 e. The van der Waals surface area contributed by atoms with Crippen molar-refractivity contribution < 1.29 is 5.11 Å². The highest BCUT2D eigenvalue weighted by atomic mass is 16.3. The van der Waals surface area contributed by atoms with Gasteiger partial charge in [0.1, 0.15) is 5.75 Å². The van der Waals surface area contributed by atoms with Gasteiger partial charge in [0.2, 0.25) is 0 Å². The second kappa shape index (κ2) is 6.46. The maximum absolute atomic E-state index is 9.29. The lowest BCUT2D eigenvalue weighted by atomic mass is 10.2. The molecule has 1 N–H and O–H groups in total. The van der Waals surface area contributed by atoms with Gasteiger partial charge in [0.05, 0.1) is 12.5 Å². The summed E-state index contributed by atoms with van der Waals surface area (Å²) in [4.78, 5) is 2.16. The van der Waals surface area contributed by atoms with Crippen molar-refractivity contribution in [3.63, 3.8) is 0 Å². The number of benzene rings is 2. The summed E-state index contributed by atoms with van der Waals surface area (Å²) in [7, 11) is 0. The first-order chi connectivity index (χ1) is 9.29. The van der Waals surface area contributed by atoms with E-state index in [2.05, 4.69) is 11.0 Å². The van der Waals surface area contributed by atoms with Crippen LogP contribution in [0.5, 0.6) is 5.75 Å². The molecule has 19 heavy (non-hydrogen) atoms. The van der Waals surface area contributed by atoms with E-state index in [1.54, 1.807) is 12.1 Å². The third-order valence-electron chi connectivity index (χ3n) is 2.92. The predicted molar refractivity (Wildman–Crippen MR) is 75.8 cm³/mol. The number of phenolic OH excluding ortho intramolecular Hbond substituents is 1. The second-order valence-electron chi connectivity index (χ2n) is 4.33. The van der Waals surface area contributed by atoms with Gasteiger partial charge in [-0.3, -0.25) is 0 Å². The first-order valence-corrected chi connectivity index (χ1v) is 6.24. The van der Waals surface area contributed by atoms with Crippen LogP contribution in [0.3, 0.4) is 0 Å². The highest BCUT2D eigenvalue weighted by Gasteiger charge is 2.06. The molecule has 0 aliphatic heterocycles. The van der Waals surface area contributed by atoms with Gasteiger partial charge in [-0.15, -0.1) is 0 Å². The average Bonchev–Trinajstić information content (AvgIpc) is 2.46. The summed E-state index contributed by atoms with van der Waals surface area (Å²) in [5, 5.41) is 18.0. The topological polar surface area (TPSA) is 47.3 Å². The number of para-hydroxylation sites is 1. The minimum absolute atomic E-state index is 0.270. The number of nitrogens with zero attached hydrogens (tertiary/aromatic N) is 2. The molecule has 0 aliphatic carbocycles. The second-order valence-corrected chi connectivity index (χ2v) is 4.33. The van der Waals surface area contributed by atoms with Crippen molar-refractivity contribution in [2.24, 2.45) is 0 Å². The highest BCUT2D eigenvalue weighted by Crippen LogP contribution is 2.18. The molecule has 0 aliphatic rings. The van der Waals surface area contributed by atoms with Crippen LogP contribution in [-0.4, -0.2) is 11.7 Å². The van der Waals surface area contributed by atoms with E-state index in [1.165, 1.54) is 0 Å². The smallest absolute Gasteiger partial charge is 0.115 e. The van der Waals surface area contributed by atoms with Gasteiger partial charge in [-0.25, -0.2) is 0 Å². The van der Waals surface area contributed by atoms with Crippen molar-refractivity contribution >= 4 is 5.69 Å². The van der Waals surface area contributed by atoms with E-state index >= 15 is 0 Å². The van der Waals surface area contributed by atoms with Crippen LogP contribution in [0, 0.1) is 11.3 Å². The number of nitriles is 1. The zero-order valence-corrected chi connectivity index (χ0v) is 10.7. The standard InChI is InChI=1S/C16H16N2O/c17-11-4-12-18(15-5-2-1-3-6-15)13-14-7-9-16(19)10-8-14/h1-3,5-10,19H,4,12-13H2. The van der Waals surface area contributed by atoms with Gasteiger partial charge in [-0.05, 0) is 29.8 Å². The summed E-state index contributed by atoms with van der Waals surface area (Å²) in [6.45, 7) is 1.42. The molecule has 0 heterocycles. The molecule has 3 heteroatoms. The van der Waals surface area contributed by atoms with Crippen molar-refractivity contribution in [1.29, 1.82) is 5.26 Å². The molecule has 0 saturated heterocycles. The highest BCUT2D eigenvalue weighted by molar-refractivity contribution is 5.47. The molecule has 0 bridgehead atoms. The third-order valence-corrected chi connectivity index (χ3v) is 2.92. The predicted octanol–water partition coefficient (Wildman–Crippen LogP) is 3.31. The Hall–Kier alpha value is -2.47. The van der Waals surface area contributed by atoms with Crippen molar-refractivity contribution in [3.8, 4) is 11.8 Å². The van der Waals surface area contributed by atoms with E-state index < -0.39 is 0 Å². The molecular formula is C16H16N2O. The number of phenols is 1. The molecule has 0 aromatic heterocycles. The zero-order valence-electron chi connectivity index (χ0n) is 10.7. The first-order valence-electron chi connectivity index (χ1n) is 6.24. The van der Waals surface area contributed by atoms with Gasteiger partial charge >= 0.3 is 0 Å². The van der Waals surface area contributed by atoms with Crippen LogP contribution in [0.4, 0.5) is 5.69 Å². The lowest BCUT2D eigenvalue weighted by Gasteiger charge is -2.24. The molecule has 2 aromatic rings. The Balaban J connectivity index is 2.14. The van der Waals surface area contributed by atoms with Crippen molar-refractivity contribution in [1.82, 2.24) is 0 Å². The Labute approximate surface area is 113 Å². The van der Waals surface area contributed by atoms with Crippen LogP contribution in [0.2, 0.25) is 0 Å². The first kappa shape index (κ1) is 13.0. The van der Waals surface area contributed by atoms with Gasteiger partial charge in [-0.2, -0.15) is 5.26 Å². The van der Waals surface area contributed by atoms with Gasteiger partial charge in [-0.1, -0.05) is 30.3 Å². The Bertz CT molecular complexity index is 543. The average molecular weight is 252 g/mol. The number of anilines is 1. The van der Waals surface area contributed by atoms with Gasteiger partial charge in [0, 0.05) is 18.8 Å². The van der Waals surface area contributed by atoms with E-state index in [1.807, 2.05) is 42.5 Å². The molecule has 0 unspecified atom stereocenters. The molecular weight excluding hydrogens is 236 g/mol. The number of rotatable bonds is 5. The van der Waals surface area contributed by atoms with Crippen LogP contribution >= 0.6 is 0 Å². The summed E-state index contributed by atoms with van der Waals surface area (Å²) >= 11 is 0. The Morgan fingerprint density at radius 3 is 2.32 bits per heavy atom. The van der Waals surface area contributed by atoms with Gasteiger partial charge in [0.25, 0.3) is 0 Å². The molecule has 0 fully saturated rings. The van der Waals surface area contributed by atoms with Gasteiger partial charge < -0.3 is 10.0 Å². The summed E-state index contributed by atoms with van der Waals surface area (Å²) in [5.74, 6) is 0.270. The Kier molecular flexibility index (Phi) is 4.41. The largest absolute Gasteiger partial charge is 0.508 e. The lowest BCUT2D eigenvalue weighted by molar-refractivity contribution is 0.475. The molecule has 0 spiro atoms. The van der Waals surface area contributed by atoms with E-state index in [4.69, 9.17) is 5.26 Å². The molecule has 0 atom stereocenters. The number of hydrogen-bond donors (Lipinski definition) is 1. The van der Waals surface area contributed by atoms with Crippen LogP contribution < -0.4 is 4.90 Å². The van der Waals surface area contributed by atoms with Crippen molar-refractivity contribution in [2.75, 3.05) is 11.4 Å². The third kappa shape index (κ3) is 3.75. The Morgan fingerprint density at radius 1 is 1.00 bits per heavy atom. The van der Waals surface area contributed by atoms with E-state index in [0.29, 0.717) is 13.0 Å². The summed E-state index contributed by atoms with van der Waals surface area (Å²) in [5.41, 5.74) is 2.21. The quantitative estimate of drug-likeness (QED) is 0.888. The van der Waals surface area contributed by atoms with E-state index in [9.17, 15) is 5.11 Å². The SMILES string of the molecule is N#CCCN(Cc1ccc(O)cc1)c1ccccc1. The molecule has 0 amide bonds. The van der Waals surface area contributed by atoms with Crippen LogP contribution in [0.25, 0.3) is 0 Å². The summed E-state index contributed by atoms with van der Waals surface area (Å²) in [6.07, 6.45) is 0.493. The fourth-order valence-corrected chi connectivity index (χ4v) is 1.94. The van der Waals surface area contributed by atoms with Crippen LogP contribution in [0.15, 0.2) is 54.6 Å². The zero-order chi connectivity index (χ0) is 13.5. The van der Waals surface area contributed by atoms with Crippen molar-refractivity contribution in [3.05, 3.63) is 60.2 Å². The lowest BCUT2D eigenvalue weighted by Crippen LogP contribution is -2.23. The maximum atomic E-state index is 9.29. The normalized spacial score (nSPS) is 9.84. The fraction of sp³-hybridized carbons (Fsp3) is 0.188. The molecule has 0 saturated carbocycles. The number of hydrogen-bond acceptors (Lipinski definition) is 3. The number of aromatic hydroxyl groups is 1. The maximum Gasteiger partial charge on any atom is 0.115 e. The molecule has 0 radical (unpaired) electrons. The van der Waals surface area contributed by atoms with E-state index in [-0.39, 0.29) is 5.75 Å². The van der Waals surface area contributed by atoms with Crippen LogP contribution in [-0.2, 0) is 6.54 Å². The van der Waals surface area contributed by atoms with E-state index in [0.717, 1.165) is 17.8 Å². The van der Waals surface area contributed by atoms with Gasteiger partial charge in [0.15, 0.2) is 0 Å². The minimum atomic E-state index is 0.270. The molecule has 2 aromatic carbocycles. The summed E-state index contributed by atoms with van der Waals surface area (Å²) < 4.78 is 0. The molecule has 3 nitrogen and oxygen atoms in total. The molecule has 96 valence electrons. The van der Waals surface area contributed by atoms with Crippen LogP contribution in [0.1, 0.15) is 12.0 Å². The molecule has 2 rings (SSSR count).